The molecule has 2 amide bonds. The molecular weight excluding hydrogens is 388 g/mol. The van der Waals surface area contributed by atoms with Crippen LogP contribution in [0.25, 0.3) is 5.69 Å². The Kier molecular flexibility index (Phi) is 5.36. The fourth-order valence-corrected chi connectivity index (χ4v) is 3.84. The van der Waals surface area contributed by atoms with Crippen molar-refractivity contribution >= 4 is 29.1 Å². The average molecular weight is 409 g/mol. The van der Waals surface area contributed by atoms with E-state index in [0.29, 0.717) is 23.8 Å². The quantitative estimate of drug-likeness (QED) is 0.648. The first-order valence-corrected chi connectivity index (χ1v) is 9.79. The minimum Gasteiger partial charge on any atom is -0.341 e. The van der Waals surface area contributed by atoms with Crippen molar-refractivity contribution in [2.24, 2.45) is 5.92 Å². The number of carbonyl (C=O) groups is 2. The second-order valence-electron chi connectivity index (χ2n) is 7.18. The molecule has 0 bridgehead atoms. The highest BCUT2D eigenvalue weighted by Gasteiger charge is 2.37. The Morgan fingerprint density at radius 2 is 1.90 bits per heavy atom. The number of anilines is 1. The summed E-state index contributed by atoms with van der Waals surface area (Å²) in [5, 5.41) is 4.88. The molecule has 1 saturated heterocycles. The summed E-state index contributed by atoms with van der Waals surface area (Å²) in [5.74, 6) is -0.518. The van der Waals surface area contributed by atoms with Crippen LogP contribution >= 0.6 is 11.6 Å². The first-order chi connectivity index (χ1) is 14.0. The van der Waals surface area contributed by atoms with Crippen LogP contribution < -0.4 is 4.90 Å². The lowest BCUT2D eigenvalue weighted by Crippen LogP contribution is -2.34. The normalized spacial score (nSPS) is 16.3. The van der Waals surface area contributed by atoms with Gasteiger partial charge in [-0.05, 0) is 24.3 Å². The van der Waals surface area contributed by atoms with Crippen LogP contribution in [0.2, 0.25) is 5.02 Å². The Labute approximate surface area is 174 Å². The molecule has 148 valence electrons. The third-order valence-corrected chi connectivity index (χ3v) is 5.39. The van der Waals surface area contributed by atoms with Crippen LogP contribution in [0, 0.1) is 5.92 Å². The number of amides is 2. The van der Waals surface area contributed by atoms with Gasteiger partial charge in [-0.1, -0.05) is 41.9 Å². The molecule has 0 saturated carbocycles. The number of carbonyl (C=O) groups excluding carboxylic acids is 2. The van der Waals surface area contributed by atoms with Crippen LogP contribution in [0.15, 0.2) is 67.0 Å². The number of nitrogens with zero attached hydrogens (tertiary/aromatic N) is 4. The molecule has 0 N–H and O–H groups in total. The summed E-state index contributed by atoms with van der Waals surface area (Å²) in [4.78, 5) is 28.6. The SMILES string of the molecule is CN(Cc1cnn(-c2ccccc2)c1)C(=O)C1CC(=O)N(c2ccccc2Cl)C1. The predicted octanol–water partition coefficient (Wildman–Crippen LogP) is 3.54. The maximum atomic E-state index is 12.9. The minimum atomic E-state index is -0.382. The largest absolute Gasteiger partial charge is 0.341 e. The molecule has 0 spiro atoms. The van der Waals surface area contributed by atoms with Crippen molar-refractivity contribution in [1.82, 2.24) is 14.7 Å². The molecule has 7 heteroatoms. The van der Waals surface area contributed by atoms with E-state index in [4.69, 9.17) is 11.6 Å². The van der Waals surface area contributed by atoms with Crippen molar-refractivity contribution in [3.8, 4) is 5.69 Å². The molecule has 1 atom stereocenters. The number of aromatic nitrogens is 2. The number of hydrogen-bond donors (Lipinski definition) is 0. The second-order valence-corrected chi connectivity index (χ2v) is 7.59. The molecule has 29 heavy (non-hydrogen) atoms. The van der Waals surface area contributed by atoms with Gasteiger partial charge in [0.1, 0.15) is 0 Å². The van der Waals surface area contributed by atoms with E-state index in [9.17, 15) is 9.59 Å². The molecule has 6 nitrogen and oxygen atoms in total. The van der Waals surface area contributed by atoms with Crippen LogP contribution in [0.4, 0.5) is 5.69 Å². The summed E-state index contributed by atoms with van der Waals surface area (Å²) >= 11 is 6.22. The fraction of sp³-hybridized carbons (Fsp3) is 0.227. The molecule has 0 radical (unpaired) electrons. The maximum Gasteiger partial charge on any atom is 0.228 e. The Morgan fingerprint density at radius 3 is 2.66 bits per heavy atom. The highest BCUT2D eigenvalue weighted by molar-refractivity contribution is 6.33. The predicted molar refractivity (Wildman–Crippen MR) is 112 cm³/mol. The van der Waals surface area contributed by atoms with Crippen molar-refractivity contribution in [2.75, 3.05) is 18.5 Å². The summed E-state index contributed by atoms with van der Waals surface area (Å²) in [6.45, 7) is 0.775. The van der Waals surface area contributed by atoms with Crippen molar-refractivity contribution < 1.29 is 9.59 Å². The Bertz CT molecular complexity index is 1030. The molecule has 4 rings (SSSR count). The minimum absolute atomic E-state index is 0.0552. The van der Waals surface area contributed by atoms with Crippen LogP contribution in [-0.2, 0) is 16.1 Å². The van der Waals surface area contributed by atoms with E-state index in [1.807, 2.05) is 48.7 Å². The van der Waals surface area contributed by atoms with E-state index in [0.717, 1.165) is 11.3 Å². The smallest absolute Gasteiger partial charge is 0.228 e. The Morgan fingerprint density at radius 1 is 1.17 bits per heavy atom. The highest BCUT2D eigenvalue weighted by Crippen LogP contribution is 2.31. The van der Waals surface area contributed by atoms with Gasteiger partial charge in [0, 0.05) is 38.3 Å². The third-order valence-electron chi connectivity index (χ3n) is 5.07. The molecule has 1 aliphatic heterocycles. The summed E-state index contributed by atoms with van der Waals surface area (Å²) in [6.07, 6.45) is 3.86. The molecule has 1 aromatic heterocycles. The van der Waals surface area contributed by atoms with Gasteiger partial charge < -0.3 is 9.80 Å². The van der Waals surface area contributed by atoms with Crippen molar-refractivity contribution in [3.05, 3.63) is 77.6 Å². The fourth-order valence-electron chi connectivity index (χ4n) is 3.60. The number of hydrogen-bond acceptors (Lipinski definition) is 3. The van der Waals surface area contributed by atoms with Gasteiger partial charge in [0.2, 0.25) is 11.8 Å². The standard InChI is InChI=1S/C22H21ClN4O2/c1-25(13-16-12-24-27(14-16)18-7-3-2-4-8-18)22(29)17-11-21(28)26(15-17)20-10-6-5-9-19(20)23/h2-10,12,14,17H,11,13,15H2,1H3. The van der Waals surface area contributed by atoms with Crippen LogP contribution in [0.3, 0.4) is 0 Å². The van der Waals surface area contributed by atoms with Crippen molar-refractivity contribution in [1.29, 1.82) is 0 Å². The maximum absolute atomic E-state index is 12.9. The van der Waals surface area contributed by atoms with Gasteiger partial charge in [-0.15, -0.1) is 0 Å². The lowest BCUT2D eigenvalue weighted by molar-refractivity contribution is -0.135. The van der Waals surface area contributed by atoms with E-state index < -0.39 is 0 Å². The summed E-state index contributed by atoms with van der Waals surface area (Å²) < 4.78 is 1.78. The second kappa shape index (κ2) is 8.09. The Hall–Kier alpha value is -3.12. The number of halogens is 1. The summed E-state index contributed by atoms with van der Waals surface area (Å²) in [5.41, 5.74) is 2.54. The van der Waals surface area contributed by atoms with Crippen molar-refractivity contribution in [3.63, 3.8) is 0 Å². The van der Waals surface area contributed by atoms with Gasteiger partial charge in [0.25, 0.3) is 0 Å². The van der Waals surface area contributed by atoms with Gasteiger partial charge in [-0.2, -0.15) is 5.10 Å². The third kappa shape index (κ3) is 4.03. The van der Waals surface area contributed by atoms with Crippen molar-refractivity contribution in [2.45, 2.75) is 13.0 Å². The first-order valence-electron chi connectivity index (χ1n) is 9.42. The van der Waals surface area contributed by atoms with Gasteiger partial charge in [-0.25, -0.2) is 4.68 Å². The number of para-hydroxylation sites is 2. The molecule has 1 aliphatic rings. The van der Waals surface area contributed by atoms with Gasteiger partial charge in [0.15, 0.2) is 0 Å². The van der Waals surface area contributed by atoms with E-state index in [1.54, 1.807) is 39.9 Å². The zero-order valence-corrected chi connectivity index (χ0v) is 16.8. The van der Waals surface area contributed by atoms with Gasteiger partial charge >= 0.3 is 0 Å². The topological polar surface area (TPSA) is 58.4 Å². The first kappa shape index (κ1) is 19.2. The average Bonchev–Trinajstić information content (AvgIpc) is 3.35. The molecule has 0 aliphatic carbocycles. The lowest BCUT2D eigenvalue weighted by Gasteiger charge is -2.21. The molecule has 1 unspecified atom stereocenters. The number of benzene rings is 2. The van der Waals surface area contributed by atoms with Crippen LogP contribution in [-0.4, -0.2) is 40.1 Å². The van der Waals surface area contributed by atoms with Gasteiger partial charge in [0.05, 0.1) is 28.5 Å². The molecule has 2 heterocycles. The van der Waals surface area contributed by atoms with E-state index in [2.05, 4.69) is 5.10 Å². The molecule has 1 fully saturated rings. The molecule has 3 aromatic rings. The number of rotatable bonds is 5. The Balaban J connectivity index is 1.42. The summed E-state index contributed by atoms with van der Waals surface area (Å²) in [7, 11) is 1.75. The summed E-state index contributed by atoms with van der Waals surface area (Å²) in [6, 6.07) is 17.0. The zero-order chi connectivity index (χ0) is 20.4. The monoisotopic (exact) mass is 408 g/mol. The molecular formula is C22H21ClN4O2. The van der Waals surface area contributed by atoms with Crippen LogP contribution in [0.1, 0.15) is 12.0 Å². The highest BCUT2D eigenvalue weighted by atomic mass is 35.5. The van der Waals surface area contributed by atoms with Gasteiger partial charge in [-0.3, -0.25) is 9.59 Å². The van der Waals surface area contributed by atoms with E-state index in [1.165, 1.54) is 0 Å². The van der Waals surface area contributed by atoms with E-state index in [-0.39, 0.29) is 24.2 Å². The lowest BCUT2D eigenvalue weighted by atomic mass is 10.1. The zero-order valence-electron chi connectivity index (χ0n) is 16.0. The molecule has 2 aromatic carbocycles. The van der Waals surface area contributed by atoms with E-state index >= 15 is 0 Å². The van der Waals surface area contributed by atoms with Crippen LogP contribution in [0.5, 0.6) is 0 Å².